The van der Waals surface area contributed by atoms with Crippen LogP contribution in [0.3, 0.4) is 0 Å². The number of benzene rings is 1. The second-order valence-corrected chi connectivity index (χ2v) is 5.94. The van der Waals surface area contributed by atoms with Crippen LogP contribution >= 0.6 is 0 Å². The first kappa shape index (κ1) is 17.0. The maximum absolute atomic E-state index is 12.6. The number of ether oxygens (including phenoxy) is 2. The molecule has 0 unspecified atom stereocenters. The Bertz CT molecular complexity index is 703. The molecule has 0 saturated carbocycles. The molecular weight excluding hydrogens is 320 g/mol. The summed E-state index contributed by atoms with van der Waals surface area (Å²) in [6.45, 7) is 1.50. The highest BCUT2D eigenvalue weighted by molar-refractivity contribution is 5.93. The van der Waals surface area contributed by atoms with Crippen LogP contribution in [0.2, 0.25) is 0 Å². The Morgan fingerprint density at radius 3 is 2.56 bits per heavy atom. The van der Waals surface area contributed by atoms with Gasteiger partial charge < -0.3 is 19.7 Å². The van der Waals surface area contributed by atoms with Crippen LogP contribution in [0.15, 0.2) is 36.4 Å². The SMILES string of the molecule is COc1ccc(NC(=O)[C@H]2CCCN(c3ccc(OC)nn3)C2)cc1. The van der Waals surface area contributed by atoms with Gasteiger partial charge >= 0.3 is 0 Å². The van der Waals surface area contributed by atoms with E-state index >= 15 is 0 Å². The van der Waals surface area contributed by atoms with Crippen LogP contribution in [0, 0.1) is 5.92 Å². The molecule has 3 rings (SSSR count). The van der Waals surface area contributed by atoms with Crippen molar-refractivity contribution < 1.29 is 14.3 Å². The number of carbonyl (C=O) groups excluding carboxylic acids is 1. The molecule has 2 heterocycles. The van der Waals surface area contributed by atoms with Crippen LogP contribution in [0.1, 0.15) is 12.8 Å². The summed E-state index contributed by atoms with van der Waals surface area (Å²) < 4.78 is 10.2. The third-order valence-corrected chi connectivity index (χ3v) is 4.31. The van der Waals surface area contributed by atoms with E-state index in [1.807, 2.05) is 30.3 Å². The maximum atomic E-state index is 12.6. The van der Waals surface area contributed by atoms with E-state index in [4.69, 9.17) is 9.47 Å². The van der Waals surface area contributed by atoms with E-state index in [0.29, 0.717) is 12.4 Å². The molecule has 1 fully saturated rings. The molecule has 1 N–H and O–H groups in total. The normalized spacial score (nSPS) is 17.0. The third kappa shape index (κ3) is 4.17. The van der Waals surface area contributed by atoms with Gasteiger partial charge in [0.05, 0.1) is 20.1 Å². The van der Waals surface area contributed by atoms with Crippen LogP contribution in [-0.2, 0) is 4.79 Å². The van der Waals surface area contributed by atoms with E-state index in [-0.39, 0.29) is 11.8 Å². The number of rotatable bonds is 5. The minimum Gasteiger partial charge on any atom is -0.497 e. The van der Waals surface area contributed by atoms with Gasteiger partial charge in [-0.1, -0.05) is 0 Å². The number of methoxy groups -OCH3 is 2. The fourth-order valence-electron chi connectivity index (χ4n) is 2.91. The highest BCUT2D eigenvalue weighted by Crippen LogP contribution is 2.24. The van der Waals surface area contributed by atoms with Crippen molar-refractivity contribution in [1.82, 2.24) is 10.2 Å². The van der Waals surface area contributed by atoms with Gasteiger partial charge in [-0.25, -0.2) is 0 Å². The molecule has 1 aliphatic rings. The molecule has 1 aliphatic heterocycles. The Morgan fingerprint density at radius 2 is 1.92 bits per heavy atom. The minimum absolute atomic E-state index is 0.0244. The number of aromatic nitrogens is 2. The summed E-state index contributed by atoms with van der Waals surface area (Å²) in [4.78, 5) is 14.7. The van der Waals surface area contributed by atoms with Crippen LogP contribution in [0.4, 0.5) is 11.5 Å². The van der Waals surface area contributed by atoms with Crippen molar-refractivity contribution >= 4 is 17.4 Å². The largest absolute Gasteiger partial charge is 0.497 e. The van der Waals surface area contributed by atoms with E-state index in [1.165, 1.54) is 0 Å². The number of amides is 1. The van der Waals surface area contributed by atoms with Gasteiger partial charge in [0, 0.05) is 24.8 Å². The lowest BCUT2D eigenvalue weighted by atomic mass is 9.97. The van der Waals surface area contributed by atoms with Crippen molar-refractivity contribution in [1.29, 1.82) is 0 Å². The number of nitrogens with zero attached hydrogens (tertiary/aromatic N) is 3. The van der Waals surface area contributed by atoms with Crippen LogP contribution < -0.4 is 19.7 Å². The zero-order valence-corrected chi connectivity index (χ0v) is 14.4. The number of hydrogen-bond donors (Lipinski definition) is 1. The zero-order chi connectivity index (χ0) is 17.6. The summed E-state index contributed by atoms with van der Waals surface area (Å²) in [6, 6.07) is 11.0. The molecule has 25 heavy (non-hydrogen) atoms. The summed E-state index contributed by atoms with van der Waals surface area (Å²) in [5.74, 6) is 1.95. The molecule has 1 saturated heterocycles. The molecule has 7 heteroatoms. The summed E-state index contributed by atoms with van der Waals surface area (Å²) >= 11 is 0. The lowest BCUT2D eigenvalue weighted by Crippen LogP contribution is -2.41. The van der Waals surface area contributed by atoms with Gasteiger partial charge in [-0.05, 0) is 43.2 Å². The van der Waals surface area contributed by atoms with Gasteiger partial charge in [0.15, 0.2) is 5.82 Å². The van der Waals surface area contributed by atoms with Gasteiger partial charge in [0.25, 0.3) is 0 Å². The van der Waals surface area contributed by atoms with Crippen LogP contribution in [0.5, 0.6) is 11.6 Å². The van der Waals surface area contributed by atoms with Crippen molar-refractivity contribution in [3.63, 3.8) is 0 Å². The van der Waals surface area contributed by atoms with E-state index in [2.05, 4.69) is 20.4 Å². The van der Waals surface area contributed by atoms with E-state index in [9.17, 15) is 4.79 Å². The first-order valence-corrected chi connectivity index (χ1v) is 8.27. The molecule has 0 spiro atoms. The van der Waals surface area contributed by atoms with E-state index < -0.39 is 0 Å². The van der Waals surface area contributed by atoms with Gasteiger partial charge in [-0.3, -0.25) is 4.79 Å². The lowest BCUT2D eigenvalue weighted by molar-refractivity contribution is -0.120. The predicted octanol–water partition coefficient (Wildman–Crippen LogP) is 2.35. The van der Waals surface area contributed by atoms with Crippen molar-refractivity contribution in [3.05, 3.63) is 36.4 Å². The molecule has 1 aromatic heterocycles. The second-order valence-electron chi connectivity index (χ2n) is 5.94. The Balaban J connectivity index is 1.62. The highest BCUT2D eigenvalue weighted by atomic mass is 16.5. The lowest BCUT2D eigenvalue weighted by Gasteiger charge is -2.32. The van der Waals surface area contributed by atoms with Crippen molar-refractivity contribution in [3.8, 4) is 11.6 Å². The van der Waals surface area contributed by atoms with Crippen LogP contribution in [-0.4, -0.2) is 43.4 Å². The first-order chi connectivity index (χ1) is 12.2. The Kier molecular flexibility index (Phi) is 5.33. The topological polar surface area (TPSA) is 76.6 Å². The van der Waals surface area contributed by atoms with Crippen LogP contribution in [0.25, 0.3) is 0 Å². The third-order valence-electron chi connectivity index (χ3n) is 4.31. The predicted molar refractivity (Wildman–Crippen MR) is 95.1 cm³/mol. The zero-order valence-electron chi connectivity index (χ0n) is 14.4. The molecule has 0 radical (unpaired) electrons. The molecule has 132 valence electrons. The Morgan fingerprint density at radius 1 is 1.12 bits per heavy atom. The summed E-state index contributed by atoms with van der Waals surface area (Å²) in [6.07, 6.45) is 1.80. The monoisotopic (exact) mass is 342 g/mol. The summed E-state index contributed by atoms with van der Waals surface area (Å²) in [7, 11) is 3.18. The molecular formula is C18H22N4O3. The average molecular weight is 342 g/mol. The highest BCUT2D eigenvalue weighted by Gasteiger charge is 2.26. The standard InChI is InChI=1S/C18H22N4O3/c1-24-15-7-5-14(6-8-15)19-18(23)13-4-3-11-22(12-13)16-9-10-17(25-2)21-20-16/h5-10,13H,3-4,11-12H2,1-2H3,(H,19,23)/t13-/m0/s1. The molecule has 1 aromatic carbocycles. The second kappa shape index (κ2) is 7.83. The number of nitrogens with one attached hydrogen (secondary N) is 1. The van der Waals surface area contributed by atoms with Gasteiger partial charge in [0.1, 0.15) is 5.75 Å². The van der Waals surface area contributed by atoms with Gasteiger partial charge in [-0.15, -0.1) is 10.2 Å². The van der Waals surface area contributed by atoms with Crippen molar-refractivity contribution in [2.45, 2.75) is 12.8 Å². The number of piperidine rings is 1. The van der Waals surface area contributed by atoms with E-state index in [1.54, 1.807) is 20.3 Å². The van der Waals surface area contributed by atoms with Gasteiger partial charge in [-0.2, -0.15) is 0 Å². The molecule has 0 aliphatic carbocycles. The molecule has 7 nitrogen and oxygen atoms in total. The fraction of sp³-hybridized carbons (Fsp3) is 0.389. The maximum Gasteiger partial charge on any atom is 0.233 e. The van der Waals surface area contributed by atoms with Gasteiger partial charge in [0.2, 0.25) is 11.8 Å². The first-order valence-electron chi connectivity index (χ1n) is 8.27. The molecule has 1 atom stereocenters. The van der Waals surface area contributed by atoms with E-state index in [0.717, 1.165) is 36.6 Å². The average Bonchev–Trinajstić information content (AvgIpc) is 2.68. The fourth-order valence-corrected chi connectivity index (χ4v) is 2.91. The summed E-state index contributed by atoms with van der Waals surface area (Å²) in [5.41, 5.74) is 0.771. The smallest absolute Gasteiger partial charge is 0.233 e. The molecule has 2 aromatic rings. The number of carbonyl (C=O) groups is 1. The summed E-state index contributed by atoms with van der Waals surface area (Å²) in [5, 5.41) is 11.2. The van der Waals surface area contributed by atoms with Crippen molar-refractivity contribution in [2.24, 2.45) is 5.92 Å². The number of hydrogen-bond acceptors (Lipinski definition) is 6. The Hall–Kier alpha value is -2.83. The Labute approximate surface area is 147 Å². The quantitative estimate of drug-likeness (QED) is 0.899. The van der Waals surface area contributed by atoms with Crippen molar-refractivity contribution in [2.75, 3.05) is 37.5 Å². The minimum atomic E-state index is -0.0836. The number of anilines is 2. The molecule has 0 bridgehead atoms. The molecule has 1 amide bonds.